The van der Waals surface area contributed by atoms with Crippen LogP contribution < -0.4 is 9.47 Å². The predicted octanol–water partition coefficient (Wildman–Crippen LogP) is 19.4. The normalized spacial score (nSPS) is 11.5. The van der Waals surface area contributed by atoms with Gasteiger partial charge in [0.25, 0.3) is 0 Å². The van der Waals surface area contributed by atoms with Crippen LogP contribution in [0.15, 0.2) is 121 Å². The fourth-order valence-electron chi connectivity index (χ4n) is 8.89. The van der Waals surface area contributed by atoms with Crippen molar-refractivity contribution >= 4 is 42.8 Å². The van der Waals surface area contributed by atoms with E-state index in [0.29, 0.717) is 0 Å². The first-order chi connectivity index (χ1) is 30.7. The molecule has 0 spiro atoms. The third-order valence-electron chi connectivity index (χ3n) is 12.3. The van der Waals surface area contributed by atoms with Crippen LogP contribution in [0.25, 0.3) is 63.3 Å². The maximum atomic E-state index is 6.43. The van der Waals surface area contributed by atoms with Gasteiger partial charge in [0.1, 0.15) is 11.5 Å². The number of hydrogen-bond donors (Lipinski definition) is 0. The predicted molar refractivity (Wildman–Crippen MR) is 274 cm³/mol. The summed E-state index contributed by atoms with van der Waals surface area (Å²) in [6.07, 6.45) is 26.5. The van der Waals surface area contributed by atoms with Crippen LogP contribution in [0.1, 0.15) is 142 Å². The monoisotopic (exact) mass is 862 g/mol. The third-order valence-corrected chi connectivity index (χ3v) is 14.8. The van der Waals surface area contributed by atoms with E-state index in [0.717, 1.165) is 37.6 Å². The molecule has 0 fully saturated rings. The molecule has 5 aromatic carbocycles. The minimum atomic E-state index is 0.766. The first-order valence-corrected chi connectivity index (χ1v) is 26.0. The first-order valence-electron chi connectivity index (χ1n) is 24.3. The van der Waals surface area contributed by atoms with Crippen LogP contribution in [0.5, 0.6) is 11.5 Å². The quantitative estimate of drug-likeness (QED) is 0.0457. The molecule has 0 aliphatic rings. The summed E-state index contributed by atoms with van der Waals surface area (Å²) < 4.78 is 15.5. The molecule has 0 saturated heterocycles. The molecule has 326 valence electrons. The molecular formula is C58H70O2S2. The van der Waals surface area contributed by atoms with E-state index in [1.165, 1.54) is 179 Å². The number of fused-ring (bicyclic) bond motifs is 2. The smallest absolute Gasteiger partial charge is 0.119 e. The molecule has 0 radical (unpaired) electrons. The molecule has 2 aromatic heterocycles. The number of unbranched alkanes of at least 4 members (excludes halogenated alkanes) is 18. The zero-order chi connectivity index (χ0) is 42.6. The molecule has 0 bridgehead atoms. The van der Waals surface area contributed by atoms with Crippen molar-refractivity contribution in [2.75, 3.05) is 13.2 Å². The summed E-state index contributed by atoms with van der Waals surface area (Å²) in [6.45, 7) is 6.11. The maximum Gasteiger partial charge on any atom is 0.119 e. The molecule has 0 saturated carbocycles. The summed E-state index contributed by atoms with van der Waals surface area (Å²) in [7, 11) is 0. The molecule has 7 aromatic rings. The zero-order valence-electron chi connectivity index (χ0n) is 37.7. The molecule has 0 aliphatic carbocycles. The average Bonchev–Trinajstić information content (AvgIpc) is 3.88. The molecule has 0 N–H and O–H groups in total. The van der Waals surface area contributed by atoms with E-state index in [4.69, 9.17) is 9.47 Å². The lowest BCUT2D eigenvalue weighted by atomic mass is 9.96. The highest BCUT2D eigenvalue weighted by Gasteiger charge is 2.22. The van der Waals surface area contributed by atoms with Gasteiger partial charge in [-0.25, -0.2) is 0 Å². The Morgan fingerprint density at radius 3 is 1.05 bits per heavy atom. The van der Waals surface area contributed by atoms with E-state index < -0.39 is 0 Å². The zero-order valence-corrected chi connectivity index (χ0v) is 39.4. The van der Waals surface area contributed by atoms with Gasteiger partial charge in [-0.15, -0.1) is 22.7 Å². The highest BCUT2D eigenvalue weighted by molar-refractivity contribution is 7.24. The van der Waals surface area contributed by atoms with E-state index in [1.54, 1.807) is 0 Å². The number of rotatable bonds is 28. The van der Waals surface area contributed by atoms with Gasteiger partial charge >= 0.3 is 0 Å². The van der Waals surface area contributed by atoms with Gasteiger partial charge in [-0.3, -0.25) is 0 Å². The van der Waals surface area contributed by atoms with Crippen LogP contribution in [-0.2, 0) is 0 Å². The van der Waals surface area contributed by atoms with E-state index in [2.05, 4.69) is 135 Å². The third kappa shape index (κ3) is 12.9. The van der Waals surface area contributed by atoms with Crippen molar-refractivity contribution in [3.63, 3.8) is 0 Å². The van der Waals surface area contributed by atoms with Gasteiger partial charge in [0.05, 0.1) is 13.2 Å². The van der Waals surface area contributed by atoms with E-state index >= 15 is 0 Å². The Hall–Kier alpha value is -4.38. The van der Waals surface area contributed by atoms with Crippen LogP contribution in [0, 0.1) is 0 Å². The van der Waals surface area contributed by atoms with Crippen LogP contribution in [0.2, 0.25) is 0 Å². The van der Waals surface area contributed by atoms with Gasteiger partial charge in [-0.05, 0) is 71.5 Å². The second-order valence-corrected chi connectivity index (χ2v) is 19.4. The largest absolute Gasteiger partial charge is 0.494 e. The van der Waals surface area contributed by atoms with Crippen LogP contribution >= 0.6 is 22.7 Å². The van der Waals surface area contributed by atoms with Gasteiger partial charge in [-0.1, -0.05) is 214 Å². The maximum absolute atomic E-state index is 6.43. The van der Waals surface area contributed by atoms with E-state index in [1.807, 2.05) is 22.7 Å². The lowest BCUT2D eigenvalue weighted by Crippen LogP contribution is -1.97. The summed E-state index contributed by atoms with van der Waals surface area (Å²) in [6, 6.07) is 44.4. The summed E-state index contributed by atoms with van der Waals surface area (Å²) in [5, 5.41) is 2.60. The summed E-state index contributed by atoms with van der Waals surface area (Å²) in [5.74, 6) is 1.91. The van der Waals surface area contributed by atoms with E-state index in [-0.39, 0.29) is 0 Å². The van der Waals surface area contributed by atoms with Crippen molar-refractivity contribution < 1.29 is 9.47 Å². The summed E-state index contributed by atoms with van der Waals surface area (Å²) in [4.78, 5) is 2.61. The Labute approximate surface area is 381 Å². The first kappa shape index (κ1) is 45.6. The van der Waals surface area contributed by atoms with Gasteiger partial charge in [0.2, 0.25) is 0 Å². The molecule has 4 heteroatoms. The summed E-state index contributed by atoms with van der Waals surface area (Å²) >= 11 is 3.81. The van der Waals surface area contributed by atoms with Crippen molar-refractivity contribution in [3.8, 4) is 54.6 Å². The molecular weight excluding hydrogens is 793 g/mol. The second kappa shape index (κ2) is 25.1. The summed E-state index contributed by atoms with van der Waals surface area (Å²) in [5.41, 5.74) is 7.51. The Morgan fingerprint density at radius 2 is 0.677 bits per heavy atom. The minimum Gasteiger partial charge on any atom is -0.494 e. The number of ether oxygens (including phenoxy) is 2. The molecule has 2 nitrogen and oxygen atoms in total. The lowest BCUT2D eigenvalue weighted by molar-refractivity contribution is 0.304. The highest BCUT2D eigenvalue weighted by atomic mass is 32.1. The Balaban J connectivity index is 1.11. The second-order valence-electron chi connectivity index (χ2n) is 17.3. The van der Waals surface area contributed by atoms with Crippen molar-refractivity contribution in [2.24, 2.45) is 0 Å². The van der Waals surface area contributed by atoms with Gasteiger partial charge in [0.15, 0.2) is 0 Å². The molecule has 0 aliphatic heterocycles. The SMILES string of the molecule is CCCCCCCCCCCCOc1cccc(-c2c(-c3ccccc3)sc3cc4c(-c5cccc(OCCCCCCCCCCCC)c5)c(-c5ccccc5)sc4cc23)c1. The van der Waals surface area contributed by atoms with Gasteiger partial charge in [-0.2, -0.15) is 0 Å². The van der Waals surface area contributed by atoms with Crippen molar-refractivity contribution in [1.29, 1.82) is 0 Å². The standard InChI is InChI=1S/C58H70O2S2/c1-3-5-7-9-11-13-15-17-19-27-39-59-49-37-29-35-47(41-49)55-51-43-54-52(44-53(51)61-57(55)45-31-23-21-24-32-45)56(58(62-54)46-33-25-22-26-34-46)48-36-30-38-50(42-48)60-40-28-20-18-16-14-12-10-8-6-4-2/h21-26,29-38,41-44H,3-20,27-28,39-40H2,1-2H3. The number of hydrogen-bond acceptors (Lipinski definition) is 4. The molecule has 0 amide bonds. The molecule has 0 atom stereocenters. The lowest BCUT2D eigenvalue weighted by Gasteiger charge is -2.11. The van der Waals surface area contributed by atoms with Gasteiger partial charge < -0.3 is 9.47 Å². The Kier molecular flexibility index (Phi) is 18.4. The van der Waals surface area contributed by atoms with Crippen LogP contribution in [-0.4, -0.2) is 13.2 Å². The van der Waals surface area contributed by atoms with Crippen molar-refractivity contribution in [2.45, 2.75) is 142 Å². The molecule has 7 rings (SSSR count). The molecule has 0 unspecified atom stereocenters. The van der Waals surface area contributed by atoms with E-state index in [9.17, 15) is 0 Å². The van der Waals surface area contributed by atoms with Gasteiger partial charge in [0, 0.05) is 41.1 Å². The highest BCUT2D eigenvalue weighted by Crippen LogP contribution is 2.51. The minimum absolute atomic E-state index is 0.766. The van der Waals surface area contributed by atoms with Crippen molar-refractivity contribution in [1.82, 2.24) is 0 Å². The fourth-order valence-corrected chi connectivity index (χ4v) is 11.4. The topological polar surface area (TPSA) is 18.5 Å². The average molecular weight is 863 g/mol. The molecule has 2 heterocycles. The van der Waals surface area contributed by atoms with Crippen LogP contribution in [0.3, 0.4) is 0 Å². The Morgan fingerprint density at radius 1 is 0.339 bits per heavy atom. The Bertz CT molecular complexity index is 2190. The van der Waals surface area contributed by atoms with Crippen LogP contribution in [0.4, 0.5) is 0 Å². The molecule has 62 heavy (non-hydrogen) atoms. The number of benzene rings is 5. The fraction of sp³-hybridized carbons (Fsp3) is 0.414. The number of thiophene rings is 2. The van der Waals surface area contributed by atoms with Crippen molar-refractivity contribution in [3.05, 3.63) is 121 Å².